The first-order valence-corrected chi connectivity index (χ1v) is 14.8. The van der Waals surface area contributed by atoms with Gasteiger partial charge in [-0.2, -0.15) is 0 Å². The molecule has 2 aromatic rings. The van der Waals surface area contributed by atoms with Crippen LogP contribution in [0.25, 0.3) is 0 Å². The average molecular weight is 529 g/mol. The Morgan fingerprint density at radius 1 is 0.943 bits per heavy atom. The zero-order valence-electron chi connectivity index (χ0n) is 21.6. The zero-order valence-corrected chi connectivity index (χ0v) is 23.3. The van der Waals surface area contributed by atoms with E-state index in [1.54, 1.807) is 39.8 Å². The summed E-state index contributed by atoms with van der Waals surface area (Å²) in [5.41, 5.74) is 3.82. The Hall–Kier alpha value is -1.90. The monoisotopic (exact) mass is 528 g/mol. The van der Waals surface area contributed by atoms with E-state index in [2.05, 4.69) is 0 Å². The highest BCUT2D eigenvalue weighted by molar-refractivity contribution is 7.92. The molecule has 0 aliphatic rings. The Morgan fingerprint density at radius 3 is 2.06 bits per heavy atom. The molecular weight excluding hydrogens is 491 g/mol. The van der Waals surface area contributed by atoms with Crippen molar-refractivity contribution < 1.29 is 36.2 Å². The van der Waals surface area contributed by atoms with Gasteiger partial charge in [0.15, 0.2) is 23.0 Å². The van der Waals surface area contributed by atoms with E-state index in [-0.39, 0.29) is 37.0 Å². The topological polar surface area (TPSA) is 97.4 Å². The molecule has 2 aromatic carbocycles. The van der Waals surface area contributed by atoms with Gasteiger partial charge < -0.3 is 23.3 Å². The van der Waals surface area contributed by atoms with Crippen LogP contribution in [0.2, 0.25) is 0 Å². The van der Waals surface area contributed by atoms with E-state index in [9.17, 15) is 13.0 Å². The summed E-state index contributed by atoms with van der Waals surface area (Å²) in [6.45, 7) is 11.2. The normalized spacial score (nSPS) is 12.2. The molecular formula is C25H37O8PS. The molecule has 0 saturated carbocycles. The molecule has 0 aliphatic heterocycles. The van der Waals surface area contributed by atoms with Gasteiger partial charge in [0, 0.05) is 7.11 Å². The van der Waals surface area contributed by atoms with Gasteiger partial charge in [-0.1, -0.05) is 6.07 Å². The minimum Gasteiger partial charge on any atom is -0.481 e. The molecule has 0 radical (unpaired) electrons. The van der Waals surface area contributed by atoms with Gasteiger partial charge in [-0.15, -0.1) is 0 Å². The van der Waals surface area contributed by atoms with E-state index >= 15 is 0 Å². The molecule has 196 valence electrons. The van der Waals surface area contributed by atoms with Crippen molar-refractivity contribution in [1.82, 2.24) is 0 Å². The third-order valence-electron chi connectivity index (χ3n) is 5.36. The maximum Gasteiger partial charge on any atom is 0.367 e. The number of aryl methyl sites for hydroxylation is 2. The van der Waals surface area contributed by atoms with Crippen molar-refractivity contribution in [3.63, 3.8) is 0 Å². The Bertz CT molecular complexity index is 1110. The second-order valence-corrected chi connectivity index (χ2v) is 12.8. The summed E-state index contributed by atoms with van der Waals surface area (Å²) in [4.78, 5) is 0.153. The van der Waals surface area contributed by atoms with E-state index in [4.69, 9.17) is 23.3 Å². The van der Waals surface area contributed by atoms with Crippen LogP contribution in [-0.4, -0.2) is 47.1 Å². The van der Waals surface area contributed by atoms with Crippen LogP contribution in [0.4, 0.5) is 0 Å². The fourth-order valence-corrected chi connectivity index (χ4v) is 6.11. The predicted molar refractivity (Wildman–Crippen MR) is 136 cm³/mol. The van der Waals surface area contributed by atoms with Crippen molar-refractivity contribution in [2.75, 3.05) is 33.5 Å². The second-order valence-electron chi connectivity index (χ2n) is 8.36. The van der Waals surface area contributed by atoms with Crippen molar-refractivity contribution in [3.8, 4) is 11.5 Å². The van der Waals surface area contributed by atoms with Gasteiger partial charge in [0.25, 0.3) is 0 Å². The Kier molecular flexibility index (Phi) is 10.8. The van der Waals surface area contributed by atoms with Crippen LogP contribution in [0.5, 0.6) is 11.5 Å². The summed E-state index contributed by atoms with van der Waals surface area (Å²) >= 11 is 0. The van der Waals surface area contributed by atoms with Gasteiger partial charge in [0.2, 0.25) is 0 Å². The number of hydrogen-bond donors (Lipinski definition) is 0. The molecule has 35 heavy (non-hydrogen) atoms. The molecule has 10 heteroatoms. The van der Waals surface area contributed by atoms with Gasteiger partial charge in [0.05, 0.1) is 18.5 Å². The van der Waals surface area contributed by atoms with Crippen molar-refractivity contribution in [2.24, 2.45) is 0 Å². The highest BCUT2D eigenvalue weighted by atomic mass is 32.2. The number of rotatable bonds is 14. The fourth-order valence-electron chi connectivity index (χ4n) is 3.56. The van der Waals surface area contributed by atoms with Gasteiger partial charge >= 0.3 is 7.60 Å². The highest BCUT2D eigenvalue weighted by Gasteiger charge is 2.26. The zero-order chi connectivity index (χ0) is 26.2. The third-order valence-corrected chi connectivity index (χ3v) is 9.28. The molecule has 0 amide bonds. The predicted octanol–water partition coefficient (Wildman–Crippen LogP) is 5.66. The minimum atomic E-state index is -3.56. The summed E-state index contributed by atoms with van der Waals surface area (Å²) < 4.78 is 65.4. The number of hydrogen-bond acceptors (Lipinski definition) is 8. The minimum absolute atomic E-state index is 0.0425. The Labute approximate surface area is 209 Å². The largest absolute Gasteiger partial charge is 0.481 e. The lowest BCUT2D eigenvalue weighted by Crippen LogP contribution is -2.16. The van der Waals surface area contributed by atoms with E-state index in [0.717, 1.165) is 22.3 Å². The van der Waals surface area contributed by atoms with Crippen molar-refractivity contribution in [1.29, 1.82) is 0 Å². The van der Waals surface area contributed by atoms with Crippen LogP contribution in [0.15, 0.2) is 35.2 Å². The molecule has 0 bridgehead atoms. The first-order chi connectivity index (χ1) is 16.5. The van der Waals surface area contributed by atoms with Crippen LogP contribution >= 0.6 is 7.60 Å². The summed E-state index contributed by atoms with van der Waals surface area (Å²) in [7, 11) is -5.40. The molecule has 0 N–H and O–H groups in total. The fraction of sp³-hybridized carbons (Fsp3) is 0.520. The SMILES string of the molecule is CCOP(=O)(COc1cc(C)c(Cc2ccc(OCOC)c(S(=O)(=O)C(C)C)c2)c(C)c1)OCC. The van der Waals surface area contributed by atoms with Crippen molar-refractivity contribution in [3.05, 3.63) is 52.6 Å². The molecule has 0 aromatic heterocycles. The van der Waals surface area contributed by atoms with Gasteiger partial charge in [-0.25, -0.2) is 8.42 Å². The summed E-state index contributed by atoms with van der Waals surface area (Å²) in [6.07, 6.45) is 0.353. The lowest BCUT2D eigenvalue weighted by Gasteiger charge is -2.19. The Balaban J connectivity index is 2.32. The van der Waals surface area contributed by atoms with Crippen molar-refractivity contribution in [2.45, 2.75) is 58.1 Å². The number of ether oxygens (including phenoxy) is 3. The molecule has 0 fully saturated rings. The van der Waals surface area contributed by atoms with Gasteiger partial charge in [-0.3, -0.25) is 4.57 Å². The summed E-state index contributed by atoms with van der Waals surface area (Å²) in [5, 5.41) is -0.591. The van der Waals surface area contributed by atoms with E-state index in [1.165, 1.54) is 7.11 Å². The van der Waals surface area contributed by atoms with Crippen LogP contribution in [0, 0.1) is 13.8 Å². The van der Waals surface area contributed by atoms with Gasteiger partial charge in [0.1, 0.15) is 16.4 Å². The molecule has 0 saturated heterocycles. The van der Waals surface area contributed by atoms with Crippen molar-refractivity contribution >= 4 is 17.4 Å². The average Bonchev–Trinajstić information content (AvgIpc) is 2.79. The number of benzene rings is 2. The highest BCUT2D eigenvalue weighted by Crippen LogP contribution is 2.48. The quantitative estimate of drug-likeness (QED) is 0.229. The third kappa shape index (κ3) is 7.79. The van der Waals surface area contributed by atoms with Gasteiger partial charge in [-0.05, 0) is 94.5 Å². The number of methoxy groups -OCH3 is 1. The smallest absolute Gasteiger partial charge is 0.367 e. The lowest BCUT2D eigenvalue weighted by atomic mass is 9.96. The molecule has 0 heterocycles. The standard InChI is InChI=1S/C25H37O8PS/c1-8-32-34(26,33-9-2)17-31-22-12-19(5)23(20(6)13-22)14-21-10-11-24(30-16-29-7)25(15-21)35(27,28)18(3)4/h10-13,15,18H,8-9,14,16-17H2,1-7H3. The Morgan fingerprint density at radius 2 is 1.54 bits per heavy atom. The van der Waals surface area contributed by atoms with Crippen LogP contribution in [-0.2, 0) is 34.6 Å². The molecule has 8 nitrogen and oxygen atoms in total. The maximum absolute atomic E-state index is 13.0. The second kappa shape index (κ2) is 12.9. The van der Waals surface area contributed by atoms with Crippen LogP contribution in [0.3, 0.4) is 0 Å². The maximum atomic E-state index is 13.0. The molecule has 0 spiro atoms. The summed E-state index contributed by atoms with van der Waals surface area (Å²) in [5.74, 6) is 0.837. The van der Waals surface area contributed by atoms with E-state index in [0.29, 0.717) is 12.2 Å². The number of sulfone groups is 1. The first-order valence-electron chi connectivity index (χ1n) is 11.6. The van der Waals surface area contributed by atoms with Crippen LogP contribution in [0.1, 0.15) is 49.9 Å². The molecule has 2 rings (SSSR count). The molecule has 0 atom stereocenters. The first kappa shape index (κ1) is 29.3. The van der Waals surface area contributed by atoms with E-state index in [1.807, 2.05) is 32.0 Å². The lowest BCUT2D eigenvalue weighted by molar-refractivity contribution is 0.0490. The molecule has 0 unspecified atom stereocenters. The summed E-state index contributed by atoms with van der Waals surface area (Å²) in [6, 6.07) is 8.93. The molecule has 0 aliphatic carbocycles. The van der Waals surface area contributed by atoms with E-state index < -0.39 is 22.7 Å². The van der Waals surface area contributed by atoms with Crippen LogP contribution < -0.4 is 9.47 Å².